The number of hydrogen-bond donors (Lipinski definition) is 3. The molecule has 1 saturated carbocycles. The minimum absolute atomic E-state index is 0.220. The number of carboxylic acid groups (broad SMARTS) is 1. The van der Waals surface area contributed by atoms with Crippen molar-refractivity contribution in [2.75, 3.05) is 6.54 Å². The number of unbranched alkanes of at least 4 members (excludes halogenated alkanes) is 1. The minimum atomic E-state index is -0.802. The quantitative estimate of drug-likeness (QED) is 0.642. The Balaban J connectivity index is 2.36. The molecule has 5 heteroatoms. The van der Waals surface area contributed by atoms with E-state index in [9.17, 15) is 9.59 Å². The molecule has 98 valence electrons. The van der Waals surface area contributed by atoms with E-state index in [0.717, 1.165) is 32.1 Å². The van der Waals surface area contributed by atoms with E-state index in [0.29, 0.717) is 13.0 Å². The van der Waals surface area contributed by atoms with E-state index in [1.165, 1.54) is 0 Å². The van der Waals surface area contributed by atoms with Gasteiger partial charge in [0, 0.05) is 12.6 Å². The van der Waals surface area contributed by atoms with Gasteiger partial charge in [-0.25, -0.2) is 4.79 Å². The summed E-state index contributed by atoms with van der Waals surface area (Å²) in [7, 11) is 0. The molecular weight excluding hydrogens is 220 g/mol. The Morgan fingerprint density at radius 2 is 2.00 bits per heavy atom. The zero-order valence-electron chi connectivity index (χ0n) is 10.4. The molecule has 0 spiro atoms. The molecule has 0 aromatic carbocycles. The summed E-state index contributed by atoms with van der Waals surface area (Å²) in [5.41, 5.74) is 0. The van der Waals surface area contributed by atoms with Gasteiger partial charge in [0.05, 0.1) is 5.92 Å². The van der Waals surface area contributed by atoms with Crippen LogP contribution in [0.15, 0.2) is 0 Å². The van der Waals surface area contributed by atoms with E-state index in [-0.39, 0.29) is 12.1 Å². The molecule has 0 radical (unpaired) electrons. The van der Waals surface area contributed by atoms with Crippen molar-refractivity contribution in [3.8, 4) is 0 Å². The van der Waals surface area contributed by atoms with Crippen molar-refractivity contribution in [3.63, 3.8) is 0 Å². The lowest BCUT2D eigenvalue weighted by Crippen LogP contribution is -2.48. The first-order valence-electron chi connectivity index (χ1n) is 6.42. The maximum absolute atomic E-state index is 11.5. The number of rotatable bonds is 5. The van der Waals surface area contributed by atoms with Gasteiger partial charge in [0.25, 0.3) is 0 Å². The van der Waals surface area contributed by atoms with E-state index >= 15 is 0 Å². The third-order valence-electron chi connectivity index (χ3n) is 3.22. The molecule has 17 heavy (non-hydrogen) atoms. The Bertz CT molecular complexity index is 268. The van der Waals surface area contributed by atoms with Crippen LogP contribution in [0.3, 0.4) is 0 Å². The lowest BCUT2D eigenvalue weighted by atomic mass is 9.84. The molecule has 2 amide bonds. The molecular formula is C12H22N2O3. The van der Waals surface area contributed by atoms with Crippen molar-refractivity contribution in [2.45, 2.75) is 51.5 Å². The predicted molar refractivity (Wildman–Crippen MR) is 64.8 cm³/mol. The zero-order chi connectivity index (χ0) is 12.7. The number of carbonyl (C=O) groups is 2. The lowest BCUT2D eigenvalue weighted by molar-refractivity contribution is -0.143. The van der Waals surface area contributed by atoms with E-state index < -0.39 is 11.9 Å². The van der Waals surface area contributed by atoms with Crippen molar-refractivity contribution in [3.05, 3.63) is 0 Å². The van der Waals surface area contributed by atoms with E-state index in [1.807, 2.05) is 0 Å². The molecule has 1 aliphatic rings. The average molecular weight is 242 g/mol. The fourth-order valence-corrected chi connectivity index (χ4v) is 2.20. The maximum atomic E-state index is 11.5. The summed E-state index contributed by atoms with van der Waals surface area (Å²) in [6.07, 6.45) is 5.32. The maximum Gasteiger partial charge on any atom is 0.315 e. The van der Waals surface area contributed by atoms with Crippen molar-refractivity contribution in [1.82, 2.24) is 10.6 Å². The average Bonchev–Trinajstić information content (AvgIpc) is 2.29. The van der Waals surface area contributed by atoms with E-state index in [4.69, 9.17) is 5.11 Å². The van der Waals surface area contributed by atoms with Gasteiger partial charge in [-0.3, -0.25) is 4.79 Å². The second kappa shape index (κ2) is 7.14. The Labute approximate surface area is 102 Å². The molecule has 0 bridgehead atoms. The largest absolute Gasteiger partial charge is 0.481 e. The number of carbonyl (C=O) groups excluding carboxylic acids is 1. The Hall–Kier alpha value is -1.26. The number of hydrogen-bond acceptors (Lipinski definition) is 2. The van der Waals surface area contributed by atoms with Gasteiger partial charge in [-0.15, -0.1) is 0 Å². The highest BCUT2D eigenvalue weighted by Crippen LogP contribution is 2.24. The minimum Gasteiger partial charge on any atom is -0.481 e. The van der Waals surface area contributed by atoms with Crippen LogP contribution in [0.1, 0.15) is 45.4 Å². The molecule has 5 nitrogen and oxygen atoms in total. The predicted octanol–water partition coefficient (Wildman–Crippen LogP) is 1.73. The van der Waals surface area contributed by atoms with Crippen LogP contribution in [-0.4, -0.2) is 29.7 Å². The molecule has 0 aliphatic heterocycles. The number of amides is 2. The first-order valence-corrected chi connectivity index (χ1v) is 6.42. The van der Waals surface area contributed by atoms with Crippen LogP contribution < -0.4 is 10.6 Å². The third-order valence-corrected chi connectivity index (χ3v) is 3.22. The zero-order valence-corrected chi connectivity index (χ0v) is 10.4. The summed E-state index contributed by atoms with van der Waals surface area (Å²) in [5.74, 6) is -1.23. The van der Waals surface area contributed by atoms with Crippen molar-refractivity contribution in [1.29, 1.82) is 0 Å². The molecule has 0 aromatic heterocycles. The second-order valence-corrected chi connectivity index (χ2v) is 4.59. The Morgan fingerprint density at radius 1 is 1.29 bits per heavy atom. The standard InChI is InChI=1S/C12H22N2O3/c1-2-3-8-13-12(17)14-10-7-5-4-6-9(10)11(15)16/h9-10H,2-8H2,1H3,(H,15,16)(H2,13,14,17). The van der Waals surface area contributed by atoms with Crippen LogP contribution in [0.2, 0.25) is 0 Å². The number of nitrogens with one attached hydrogen (secondary N) is 2. The van der Waals surface area contributed by atoms with Crippen molar-refractivity contribution in [2.24, 2.45) is 5.92 Å². The van der Waals surface area contributed by atoms with Crippen molar-refractivity contribution >= 4 is 12.0 Å². The highest BCUT2D eigenvalue weighted by atomic mass is 16.4. The van der Waals surface area contributed by atoms with E-state index in [2.05, 4.69) is 17.6 Å². The normalized spacial score (nSPS) is 24.1. The molecule has 1 aliphatic carbocycles. The van der Waals surface area contributed by atoms with Crippen LogP contribution in [0.5, 0.6) is 0 Å². The van der Waals surface area contributed by atoms with Gasteiger partial charge in [-0.1, -0.05) is 26.2 Å². The van der Waals surface area contributed by atoms with Crippen LogP contribution >= 0.6 is 0 Å². The summed E-state index contributed by atoms with van der Waals surface area (Å²) in [4.78, 5) is 22.6. The summed E-state index contributed by atoms with van der Waals surface area (Å²) in [6.45, 7) is 2.70. The second-order valence-electron chi connectivity index (χ2n) is 4.59. The van der Waals surface area contributed by atoms with Crippen LogP contribution in [0.25, 0.3) is 0 Å². The smallest absolute Gasteiger partial charge is 0.315 e. The third kappa shape index (κ3) is 4.63. The van der Waals surface area contributed by atoms with Gasteiger partial charge >= 0.3 is 12.0 Å². The van der Waals surface area contributed by atoms with Gasteiger partial charge < -0.3 is 15.7 Å². The van der Waals surface area contributed by atoms with Gasteiger partial charge in [-0.2, -0.15) is 0 Å². The van der Waals surface area contributed by atoms with Gasteiger partial charge in [-0.05, 0) is 19.3 Å². The molecule has 3 N–H and O–H groups in total. The molecule has 2 atom stereocenters. The number of urea groups is 1. The summed E-state index contributed by atoms with van der Waals surface area (Å²) >= 11 is 0. The molecule has 0 saturated heterocycles. The fraction of sp³-hybridized carbons (Fsp3) is 0.833. The summed E-state index contributed by atoms with van der Waals surface area (Å²) in [5, 5.41) is 14.6. The monoisotopic (exact) mass is 242 g/mol. The lowest BCUT2D eigenvalue weighted by Gasteiger charge is -2.29. The van der Waals surface area contributed by atoms with E-state index in [1.54, 1.807) is 0 Å². The van der Waals surface area contributed by atoms with Crippen molar-refractivity contribution < 1.29 is 14.7 Å². The van der Waals surface area contributed by atoms with Gasteiger partial charge in [0.1, 0.15) is 0 Å². The molecule has 0 heterocycles. The van der Waals surface area contributed by atoms with Gasteiger partial charge in [0.2, 0.25) is 0 Å². The fourth-order valence-electron chi connectivity index (χ4n) is 2.20. The first-order chi connectivity index (χ1) is 8.15. The molecule has 2 unspecified atom stereocenters. The van der Waals surface area contributed by atoms with Crippen LogP contribution in [0.4, 0.5) is 4.79 Å². The van der Waals surface area contributed by atoms with Crippen LogP contribution in [-0.2, 0) is 4.79 Å². The molecule has 0 aromatic rings. The number of aliphatic carboxylic acids is 1. The SMILES string of the molecule is CCCCNC(=O)NC1CCCCC1C(=O)O. The van der Waals surface area contributed by atoms with Crippen LogP contribution in [0, 0.1) is 5.92 Å². The highest BCUT2D eigenvalue weighted by Gasteiger charge is 2.31. The summed E-state index contributed by atoms with van der Waals surface area (Å²) in [6, 6.07) is -0.459. The number of carboxylic acids is 1. The molecule has 1 fully saturated rings. The molecule has 1 rings (SSSR count). The summed E-state index contributed by atoms with van der Waals surface area (Å²) < 4.78 is 0. The Kier molecular flexibility index (Phi) is 5.80. The highest BCUT2D eigenvalue weighted by molar-refractivity contribution is 5.76. The first kappa shape index (κ1) is 13.8. The van der Waals surface area contributed by atoms with Gasteiger partial charge in [0.15, 0.2) is 0 Å². The topological polar surface area (TPSA) is 78.4 Å². The Morgan fingerprint density at radius 3 is 2.65 bits per heavy atom.